The summed E-state index contributed by atoms with van der Waals surface area (Å²) >= 11 is 5.23. The largest absolute Gasteiger partial charge is 0.454 e. The molecule has 3 amide bonds. The zero-order valence-corrected chi connectivity index (χ0v) is 15.8. The van der Waals surface area contributed by atoms with Crippen molar-refractivity contribution in [1.29, 1.82) is 0 Å². The zero-order chi connectivity index (χ0) is 19.7. The fourth-order valence-corrected chi connectivity index (χ4v) is 3.25. The summed E-state index contributed by atoms with van der Waals surface area (Å²) in [6.07, 6.45) is 0. The number of imide groups is 1. The quantitative estimate of drug-likeness (QED) is 0.534. The van der Waals surface area contributed by atoms with Crippen LogP contribution in [0.2, 0.25) is 0 Å². The Labute approximate surface area is 166 Å². The molecule has 8 nitrogen and oxygen atoms in total. The lowest BCUT2D eigenvalue weighted by molar-refractivity contribution is -0.132. The van der Waals surface area contributed by atoms with E-state index < -0.39 is 17.5 Å². The average molecular weight is 398 g/mol. The van der Waals surface area contributed by atoms with Gasteiger partial charge in [-0.25, -0.2) is 4.79 Å². The number of hydrogen-bond acceptors (Lipinski definition) is 5. The van der Waals surface area contributed by atoms with Crippen molar-refractivity contribution in [2.75, 3.05) is 6.79 Å². The Morgan fingerprint density at radius 3 is 2.71 bits per heavy atom. The maximum atomic E-state index is 12.8. The number of nitrogens with one attached hydrogen (secondary N) is 3. The predicted octanol–water partition coefficient (Wildman–Crippen LogP) is 1.76. The first-order chi connectivity index (χ1) is 13.5. The fraction of sp³-hybridized carbons (Fsp3) is 0.211. The Hall–Kier alpha value is -3.33. The smallest absolute Gasteiger partial charge is 0.344 e. The molecular formula is C19H18N4O4S. The highest BCUT2D eigenvalue weighted by Gasteiger charge is 2.49. The van der Waals surface area contributed by atoms with Crippen molar-refractivity contribution in [2.24, 2.45) is 0 Å². The average Bonchev–Trinajstić information content (AvgIpc) is 3.25. The van der Waals surface area contributed by atoms with Gasteiger partial charge in [0.05, 0.1) is 0 Å². The standard InChI is InChI=1S/C19H18N4O4S/c1-19(13-5-3-2-4-6-13)16(24)23(18(25)21-19)22-17(28)20-10-12-7-8-14-15(9-12)27-11-26-14/h2-9H,10-11H2,1H3,(H,21,25)(H2,20,22,28)/t19-/m0/s1. The second-order valence-electron chi connectivity index (χ2n) is 6.54. The SMILES string of the molecule is C[C@@]1(c2ccccc2)NC(=O)N(NC(=S)NCc2ccc3c(c2)OCO3)C1=O. The van der Waals surface area contributed by atoms with Crippen LogP contribution in [0.5, 0.6) is 11.5 Å². The van der Waals surface area contributed by atoms with E-state index in [2.05, 4.69) is 16.1 Å². The van der Waals surface area contributed by atoms with E-state index in [4.69, 9.17) is 21.7 Å². The Morgan fingerprint density at radius 1 is 1.18 bits per heavy atom. The van der Waals surface area contributed by atoms with E-state index in [1.54, 1.807) is 19.1 Å². The summed E-state index contributed by atoms with van der Waals surface area (Å²) in [6, 6.07) is 14.0. The molecule has 9 heteroatoms. The molecule has 28 heavy (non-hydrogen) atoms. The molecule has 1 saturated heterocycles. The van der Waals surface area contributed by atoms with Crippen LogP contribution < -0.4 is 25.5 Å². The number of carbonyl (C=O) groups excluding carboxylic acids is 2. The lowest BCUT2D eigenvalue weighted by atomic mass is 9.92. The fourth-order valence-electron chi connectivity index (χ4n) is 3.08. The summed E-state index contributed by atoms with van der Waals surface area (Å²) < 4.78 is 10.6. The van der Waals surface area contributed by atoms with E-state index in [0.29, 0.717) is 23.6 Å². The second-order valence-corrected chi connectivity index (χ2v) is 6.95. The molecule has 1 atom stereocenters. The van der Waals surface area contributed by atoms with Crippen LogP contribution >= 0.6 is 12.2 Å². The molecule has 0 radical (unpaired) electrons. The summed E-state index contributed by atoms with van der Waals surface area (Å²) in [5.74, 6) is 0.936. The molecule has 0 spiro atoms. The van der Waals surface area contributed by atoms with Crippen molar-refractivity contribution in [3.63, 3.8) is 0 Å². The van der Waals surface area contributed by atoms with E-state index in [0.717, 1.165) is 10.6 Å². The van der Waals surface area contributed by atoms with Gasteiger partial charge in [-0.15, -0.1) is 0 Å². The zero-order valence-electron chi connectivity index (χ0n) is 15.0. The van der Waals surface area contributed by atoms with Crippen molar-refractivity contribution in [3.8, 4) is 11.5 Å². The molecule has 0 saturated carbocycles. The van der Waals surface area contributed by atoms with Crippen LogP contribution in [0.4, 0.5) is 4.79 Å². The molecule has 1 fully saturated rings. The molecule has 2 aliphatic rings. The number of ether oxygens (including phenoxy) is 2. The van der Waals surface area contributed by atoms with Gasteiger partial charge < -0.3 is 20.1 Å². The number of rotatable bonds is 4. The van der Waals surface area contributed by atoms with Gasteiger partial charge in [-0.2, -0.15) is 5.01 Å². The molecule has 0 aromatic heterocycles. The molecule has 3 N–H and O–H groups in total. The van der Waals surface area contributed by atoms with Crippen molar-refractivity contribution in [3.05, 3.63) is 59.7 Å². The van der Waals surface area contributed by atoms with Crippen molar-refractivity contribution in [1.82, 2.24) is 21.1 Å². The van der Waals surface area contributed by atoms with Gasteiger partial charge in [-0.3, -0.25) is 10.2 Å². The maximum absolute atomic E-state index is 12.8. The molecule has 0 unspecified atom stereocenters. The van der Waals surface area contributed by atoms with Crippen LogP contribution in [0.3, 0.4) is 0 Å². The van der Waals surface area contributed by atoms with E-state index in [1.165, 1.54) is 0 Å². The molecule has 4 rings (SSSR count). The van der Waals surface area contributed by atoms with Crippen LogP contribution in [0.25, 0.3) is 0 Å². The van der Waals surface area contributed by atoms with Crippen LogP contribution in [0.1, 0.15) is 18.1 Å². The first-order valence-electron chi connectivity index (χ1n) is 8.62. The summed E-state index contributed by atoms with van der Waals surface area (Å²) in [5, 5.41) is 6.73. The minimum atomic E-state index is -1.15. The van der Waals surface area contributed by atoms with Gasteiger partial charge in [0.1, 0.15) is 5.54 Å². The summed E-state index contributed by atoms with van der Waals surface area (Å²) in [5.41, 5.74) is 3.12. The highest BCUT2D eigenvalue weighted by molar-refractivity contribution is 7.80. The molecular weight excluding hydrogens is 380 g/mol. The normalized spacial score (nSPS) is 20.1. The van der Waals surface area contributed by atoms with Gasteiger partial charge in [0, 0.05) is 6.54 Å². The lowest BCUT2D eigenvalue weighted by Gasteiger charge is -2.22. The first kappa shape index (κ1) is 18.1. The van der Waals surface area contributed by atoms with Gasteiger partial charge in [-0.05, 0) is 42.4 Å². The van der Waals surface area contributed by atoms with Gasteiger partial charge in [-0.1, -0.05) is 36.4 Å². The Morgan fingerprint density at radius 2 is 1.93 bits per heavy atom. The summed E-state index contributed by atoms with van der Waals surface area (Å²) in [7, 11) is 0. The number of fused-ring (bicyclic) bond motifs is 1. The van der Waals surface area contributed by atoms with E-state index in [-0.39, 0.29) is 11.9 Å². The number of hydrazine groups is 1. The third-order valence-corrected chi connectivity index (χ3v) is 4.88. The van der Waals surface area contributed by atoms with Gasteiger partial charge in [0.25, 0.3) is 5.91 Å². The minimum Gasteiger partial charge on any atom is -0.454 e. The second kappa shape index (κ2) is 7.01. The number of amides is 3. The predicted molar refractivity (Wildman–Crippen MR) is 104 cm³/mol. The number of urea groups is 1. The number of nitrogens with zero attached hydrogens (tertiary/aromatic N) is 1. The first-order valence-corrected chi connectivity index (χ1v) is 9.03. The van der Waals surface area contributed by atoms with Crippen molar-refractivity contribution >= 4 is 29.3 Å². The molecule has 2 heterocycles. The molecule has 144 valence electrons. The van der Waals surface area contributed by atoms with Crippen LogP contribution in [0, 0.1) is 0 Å². The van der Waals surface area contributed by atoms with Crippen LogP contribution in [-0.2, 0) is 16.9 Å². The van der Waals surface area contributed by atoms with E-state index in [1.807, 2.05) is 36.4 Å². The summed E-state index contributed by atoms with van der Waals surface area (Å²) in [6.45, 7) is 2.26. The summed E-state index contributed by atoms with van der Waals surface area (Å²) in [4.78, 5) is 25.2. The monoisotopic (exact) mass is 398 g/mol. The minimum absolute atomic E-state index is 0.151. The third-order valence-electron chi connectivity index (χ3n) is 4.65. The van der Waals surface area contributed by atoms with Crippen LogP contribution in [0.15, 0.2) is 48.5 Å². The Balaban J connectivity index is 1.39. The topological polar surface area (TPSA) is 91.9 Å². The number of carbonyl (C=O) groups is 2. The van der Waals surface area contributed by atoms with Gasteiger partial charge in [0.15, 0.2) is 16.6 Å². The molecule has 0 bridgehead atoms. The van der Waals surface area contributed by atoms with Crippen molar-refractivity contribution in [2.45, 2.75) is 19.0 Å². The number of hydrogen-bond donors (Lipinski definition) is 3. The number of thiocarbonyl (C=S) groups is 1. The number of benzene rings is 2. The van der Waals surface area contributed by atoms with E-state index in [9.17, 15) is 9.59 Å². The maximum Gasteiger partial charge on any atom is 0.344 e. The van der Waals surface area contributed by atoms with Gasteiger partial charge >= 0.3 is 6.03 Å². The molecule has 0 aliphatic carbocycles. The van der Waals surface area contributed by atoms with Crippen molar-refractivity contribution < 1.29 is 19.1 Å². The third kappa shape index (κ3) is 3.20. The van der Waals surface area contributed by atoms with E-state index >= 15 is 0 Å². The lowest BCUT2D eigenvalue weighted by Crippen LogP contribution is -2.51. The van der Waals surface area contributed by atoms with Crippen LogP contribution in [-0.4, -0.2) is 28.9 Å². The Kier molecular flexibility index (Phi) is 4.52. The molecule has 2 aromatic carbocycles. The Bertz CT molecular complexity index is 952. The van der Waals surface area contributed by atoms with Gasteiger partial charge in [0.2, 0.25) is 6.79 Å². The molecule has 2 aliphatic heterocycles. The highest BCUT2D eigenvalue weighted by atomic mass is 32.1. The highest BCUT2D eigenvalue weighted by Crippen LogP contribution is 2.32. The molecule has 2 aromatic rings.